The topological polar surface area (TPSA) is 17.8 Å². The molecule has 2 nitrogen and oxygen atoms in total. The fraction of sp³-hybridized carbons (Fsp3) is 0.571. The summed E-state index contributed by atoms with van der Waals surface area (Å²) in [6, 6.07) is 0. The second kappa shape index (κ2) is 3.69. The van der Waals surface area contributed by atoms with Crippen LogP contribution in [0.3, 0.4) is 0 Å². The normalized spacial score (nSPS) is 12.1. The molecule has 0 radical (unpaired) electrons. The molecule has 0 bridgehead atoms. The Labute approximate surface area is 81.9 Å². The molecule has 0 saturated heterocycles. The number of rotatable bonds is 2. The molecule has 0 aromatic carbocycles. The summed E-state index contributed by atoms with van der Waals surface area (Å²) in [7, 11) is 0. The molecule has 0 spiro atoms. The van der Waals surface area contributed by atoms with E-state index in [2.05, 4.69) is 21.0 Å². The van der Waals surface area contributed by atoms with Crippen LogP contribution in [0, 0.1) is 0 Å². The lowest BCUT2D eigenvalue weighted by Crippen LogP contribution is -2.09. The van der Waals surface area contributed by atoms with Crippen LogP contribution in [0.15, 0.2) is 6.20 Å². The quantitative estimate of drug-likeness (QED) is 0.745. The highest BCUT2D eigenvalue weighted by atomic mass is 79.9. The molecular formula is C7H8BrF3N2. The van der Waals surface area contributed by atoms with Crippen LogP contribution in [-0.4, -0.2) is 9.78 Å². The first-order valence-electron chi connectivity index (χ1n) is 3.68. The van der Waals surface area contributed by atoms with Crippen molar-refractivity contribution in [3.05, 3.63) is 17.5 Å². The maximum absolute atomic E-state index is 12.3. The molecule has 0 atom stereocenters. The van der Waals surface area contributed by atoms with Crippen molar-refractivity contribution in [2.24, 2.45) is 0 Å². The van der Waals surface area contributed by atoms with Gasteiger partial charge in [0, 0.05) is 23.6 Å². The fourth-order valence-electron chi connectivity index (χ4n) is 0.961. The van der Waals surface area contributed by atoms with Gasteiger partial charge in [-0.3, -0.25) is 4.68 Å². The Hall–Kier alpha value is -0.520. The van der Waals surface area contributed by atoms with Gasteiger partial charge in [-0.1, -0.05) is 15.9 Å². The van der Waals surface area contributed by atoms with Crippen molar-refractivity contribution in [3.8, 4) is 0 Å². The summed E-state index contributed by atoms with van der Waals surface area (Å²) in [5.41, 5.74) is -0.624. The van der Waals surface area contributed by atoms with Crippen LogP contribution in [-0.2, 0) is 18.1 Å². The van der Waals surface area contributed by atoms with Gasteiger partial charge in [0.05, 0.1) is 0 Å². The van der Waals surface area contributed by atoms with Crippen LogP contribution in [0.1, 0.15) is 18.2 Å². The van der Waals surface area contributed by atoms with Gasteiger partial charge in [0.25, 0.3) is 0 Å². The van der Waals surface area contributed by atoms with Gasteiger partial charge in [0.1, 0.15) is 0 Å². The summed E-state index contributed by atoms with van der Waals surface area (Å²) in [5.74, 6) is 0. The van der Waals surface area contributed by atoms with Gasteiger partial charge in [0.2, 0.25) is 0 Å². The van der Waals surface area contributed by atoms with Crippen LogP contribution >= 0.6 is 15.9 Å². The third-order valence-electron chi connectivity index (χ3n) is 1.57. The van der Waals surface area contributed by atoms with Gasteiger partial charge in [-0.15, -0.1) is 0 Å². The number of aryl methyl sites for hydroxylation is 1. The van der Waals surface area contributed by atoms with Gasteiger partial charge in [-0.2, -0.15) is 18.3 Å². The van der Waals surface area contributed by atoms with Crippen molar-refractivity contribution in [2.75, 3.05) is 0 Å². The van der Waals surface area contributed by atoms with Crippen LogP contribution in [0.5, 0.6) is 0 Å². The number of alkyl halides is 4. The van der Waals surface area contributed by atoms with Crippen LogP contribution in [0.25, 0.3) is 0 Å². The van der Waals surface area contributed by atoms with E-state index >= 15 is 0 Å². The third-order valence-corrected chi connectivity index (χ3v) is 2.18. The van der Waals surface area contributed by atoms with Crippen molar-refractivity contribution in [1.82, 2.24) is 9.78 Å². The van der Waals surface area contributed by atoms with Crippen molar-refractivity contribution in [3.63, 3.8) is 0 Å². The van der Waals surface area contributed by atoms with Gasteiger partial charge in [0.15, 0.2) is 5.69 Å². The molecule has 1 aromatic rings. The second-order valence-corrected chi connectivity index (χ2v) is 3.05. The minimum absolute atomic E-state index is 0.168. The Balaban J connectivity index is 3.11. The minimum Gasteiger partial charge on any atom is -0.272 e. The molecule has 0 aliphatic carbocycles. The van der Waals surface area contributed by atoms with E-state index in [1.807, 2.05) is 0 Å². The molecule has 0 N–H and O–H groups in total. The number of nitrogens with zero attached hydrogens (tertiary/aromatic N) is 2. The van der Waals surface area contributed by atoms with Crippen molar-refractivity contribution >= 4 is 15.9 Å². The van der Waals surface area contributed by atoms with Gasteiger partial charge < -0.3 is 0 Å². The average Bonchev–Trinajstić information content (AvgIpc) is 2.46. The molecule has 0 saturated carbocycles. The first kappa shape index (κ1) is 10.6. The van der Waals surface area contributed by atoms with Gasteiger partial charge in [-0.25, -0.2) is 0 Å². The SMILES string of the molecule is CCn1cc(CBr)c(C(F)(F)F)n1. The molecule has 0 fully saturated rings. The van der Waals surface area contributed by atoms with Crippen LogP contribution in [0.2, 0.25) is 0 Å². The van der Waals surface area contributed by atoms with E-state index in [9.17, 15) is 13.2 Å². The van der Waals surface area contributed by atoms with E-state index < -0.39 is 11.9 Å². The smallest absolute Gasteiger partial charge is 0.272 e. The summed E-state index contributed by atoms with van der Waals surface area (Å²) < 4.78 is 38.1. The van der Waals surface area contributed by atoms with E-state index in [0.717, 1.165) is 0 Å². The molecule has 0 aliphatic heterocycles. The predicted octanol–water partition coefficient (Wildman–Crippen LogP) is 2.82. The van der Waals surface area contributed by atoms with E-state index in [4.69, 9.17) is 0 Å². The minimum atomic E-state index is -4.36. The predicted molar refractivity (Wildman–Crippen MR) is 45.5 cm³/mol. The Morgan fingerprint density at radius 3 is 2.46 bits per heavy atom. The highest BCUT2D eigenvalue weighted by Gasteiger charge is 2.36. The molecular weight excluding hydrogens is 249 g/mol. The lowest BCUT2D eigenvalue weighted by Gasteiger charge is -2.03. The monoisotopic (exact) mass is 256 g/mol. The molecule has 1 rings (SSSR count). The molecule has 1 heterocycles. The number of hydrogen-bond donors (Lipinski definition) is 0. The third kappa shape index (κ3) is 2.24. The van der Waals surface area contributed by atoms with E-state index in [1.165, 1.54) is 10.9 Å². The first-order chi connectivity index (χ1) is 5.99. The fourth-order valence-corrected chi connectivity index (χ4v) is 1.37. The Kier molecular flexibility index (Phi) is 3.00. The zero-order chi connectivity index (χ0) is 10.1. The summed E-state index contributed by atoms with van der Waals surface area (Å²) in [6.45, 7) is 2.18. The number of halogens is 4. The summed E-state index contributed by atoms with van der Waals surface area (Å²) in [6.07, 6.45) is -2.96. The molecule has 0 amide bonds. The standard InChI is InChI=1S/C7H8BrF3N2/c1-2-13-4-5(3-8)6(12-13)7(9,10)11/h4H,2-3H2,1H3. The summed E-state index contributed by atoms with van der Waals surface area (Å²) in [4.78, 5) is 0. The Morgan fingerprint density at radius 2 is 2.15 bits per heavy atom. The maximum atomic E-state index is 12.3. The van der Waals surface area contributed by atoms with E-state index in [1.54, 1.807) is 6.92 Å². The van der Waals surface area contributed by atoms with Gasteiger partial charge in [-0.05, 0) is 6.92 Å². The molecule has 74 valence electrons. The zero-order valence-corrected chi connectivity index (χ0v) is 8.48. The van der Waals surface area contributed by atoms with Crippen molar-refractivity contribution in [2.45, 2.75) is 25.0 Å². The maximum Gasteiger partial charge on any atom is 0.435 e. The Bertz CT molecular complexity index is 292. The van der Waals surface area contributed by atoms with E-state index in [-0.39, 0.29) is 10.9 Å². The Morgan fingerprint density at radius 1 is 1.54 bits per heavy atom. The number of aromatic nitrogens is 2. The average molecular weight is 257 g/mol. The second-order valence-electron chi connectivity index (χ2n) is 2.49. The van der Waals surface area contributed by atoms with Crippen molar-refractivity contribution in [1.29, 1.82) is 0 Å². The van der Waals surface area contributed by atoms with E-state index in [0.29, 0.717) is 6.54 Å². The molecule has 13 heavy (non-hydrogen) atoms. The van der Waals surface area contributed by atoms with Crippen molar-refractivity contribution < 1.29 is 13.2 Å². The first-order valence-corrected chi connectivity index (χ1v) is 4.80. The van der Waals surface area contributed by atoms with Crippen LogP contribution < -0.4 is 0 Å². The molecule has 6 heteroatoms. The zero-order valence-electron chi connectivity index (χ0n) is 6.90. The summed E-state index contributed by atoms with van der Waals surface area (Å²) >= 11 is 2.99. The van der Waals surface area contributed by atoms with Crippen LogP contribution in [0.4, 0.5) is 13.2 Å². The molecule has 0 aliphatic rings. The molecule has 1 aromatic heterocycles. The highest BCUT2D eigenvalue weighted by molar-refractivity contribution is 9.08. The highest BCUT2D eigenvalue weighted by Crippen LogP contribution is 2.31. The van der Waals surface area contributed by atoms with Gasteiger partial charge >= 0.3 is 6.18 Å². The lowest BCUT2D eigenvalue weighted by molar-refractivity contribution is -0.141. The largest absolute Gasteiger partial charge is 0.435 e. The lowest BCUT2D eigenvalue weighted by atomic mass is 10.3. The molecule has 0 unspecified atom stereocenters. The summed E-state index contributed by atoms with van der Waals surface area (Å²) in [5, 5.41) is 3.60. The number of hydrogen-bond acceptors (Lipinski definition) is 1.